The molecule has 1 aliphatic carbocycles. The lowest BCUT2D eigenvalue weighted by Crippen LogP contribution is -2.24. The Bertz CT molecular complexity index is 987. The minimum Gasteiger partial charge on any atom is -0.497 e. The molecule has 0 unspecified atom stereocenters. The van der Waals surface area contributed by atoms with Crippen molar-refractivity contribution < 1.29 is 9.53 Å². The summed E-state index contributed by atoms with van der Waals surface area (Å²) in [5, 5.41) is 15.7. The molecular formula is C21H23N5O2S. The number of amides is 1. The Labute approximate surface area is 173 Å². The third-order valence-corrected chi connectivity index (χ3v) is 5.94. The Hall–Kier alpha value is -2.87. The Balaban J connectivity index is 1.38. The highest BCUT2D eigenvalue weighted by atomic mass is 32.2. The number of carbonyl (C=O) groups excluding carboxylic acids is 1. The molecule has 0 bridgehead atoms. The van der Waals surface area contributed by atoms with Gasteiger partial charge in [0.15, 0.2) is 0 Å². The number of carbonyl (C=O) groups is 1. The quantitative estimate of drug-likeness (QED) is 0.604. The van der Waals surface area contributed by atoms with Crippen LogP contribution in [0.4, 0.5) is 0 Å². The van der Waals surface area contributed by atoms with Gasteiger partial charge in [-0.05, 0) is 71.0 Å². The number of hydrogen-bond donors (Lipinski definition) is 1. The fourth-order valence-corrected chi connectivity index (χ4v) is 4.22. The number of hydrogen-bond acceptors (Lipinski definition) is 6. The van der Waals surface area contributed by atoms with E-state index in [4.69, 9.17) is 4.74 Å². The van der Waals surface area contributed by atoms with Crippen molar-refractivity contribution >= 4 is 17.7 Å². The first-order valence-corrected chi connectivity index (χ1v) is 10.6. The third kappa shape index (κ3) is 4.59. The van der Waals surface area contributed by atoms with Gasteiger partial charge in [0.1, 0.15) is 5.75 Å². The fraction of sp³-hybridized carbons (Fsp3) is 0.333. The van der Waals surface area contributed by atoms with Crippen molar-refractivity contribution in [3.05, 3.63) is 59.2 Å². The zero-order valence-corrected chi connectivity index (χ0v) is 17.1. The molecule has 3 aromatic rings. The number of nitrogens with one attached hydrogen (secondary N) is 1. The number of aryl methyl sites for hydroxylation is 1. The van der Waals surface area contributed by atoms with E-state index in [-0.39, 0.29) is 11.7 Å². The maximum absolute atomic E-state index is 12.3. The van der Waals surface area contributed by atoms with E-state index in [1.165, 1.54) is 35.7 Å². The largest absolute Gasteiger partial charge is 0.497 e. The Morgan fingerprint density at radius 1 is 1.17 bits per heavy atom. The van der Waals surface area contributed by atoms with Crippen molar-refractivity contribution in [1.82, 2.24) is 25.5 Å². The predicted molar refractivity (Wildman–Crippen MR) is 111 cm³/mol. The zero-order valence-electron chi connectivity index (χ0n) is 16.3. The van der Waals surface area contributed by atoms with Gasteiger partial charge < -0.3 is 10.1 Å². The number of tetrazole rings is 1. The van der Waals surface area contributed by atoms with Crippen LogP contribution in [0.25, 0.3) is 5.69 Å². The molecule has 0 spiro atoms. The SMILES string of the molecule is COc1ccc(CNC(=O)CSc2nnnn2-c2cccc3c2CCCC3)cc1. The first-order chi connectivity index (χ1) is 14.2. The van der Waals surface area contributed by atoms with Gasteiger partial charge in [0.25, 0.3) is 0 Å². The molecule has 8 heteroatoms. The van der Waals surface area contributed by atoms with E-state index in [1.54, 1.807) is 11.8 Å². The molecule has 4 rings (SSSR count). The molecule has 1 aromatic heterocycles. The van der Waals surface area contributed by atoms with Crippen LogP contribution in [0.15, 0.2) is 47.6 Å². The first-order valence-electron chi connectivity index (χ1n) is 9.66. The second-order valence-corrected chi connectivity index (χ2v) is 7.85. The highest BCUT2D eigenvalue weighted by molar-refractivity contribution is 7.99. The average molecular weight is 410 g/mol. The molecule has 29 heavy (non-hydrogen) atoms. The smallest absolute Gasteiger partial charge is 0.230 e. The molecule has 2 aromatic carbocycles. The van der Waals surface area contributed by atoms with Gasteiger partial charge in [-0.2, -0.15) is 4.68 Å². The van der Waals surface area contributed by atoms with Crippen molar-refractivity contribution in [2.24, 2.45) is 0 Å². The maximum atomic E-state index is 12.3. The number of fused-ring (bicyclic) bond motifs is 1. The zero-order chi connectivity index (χ0) is 20.1. The summed E-state index contributed by atoms with van der Waals surface area (Å²) in [5.41, 5.74) is 4.73. The molecule has 1 aliphatic rings. The van der Waals surface area contributed by atoms with E-state index in [0.717, 1.165) is 29.8 Å². The summed E-state index contributed by atoms with van der Waals surface area (Å²) in [6.07, 6.45) is 4.55. The molecule has 0 radical (unpaired) electrons. The molecular weight excluding hydrogens is 386 g/mol. The molecule has 7 nitrogen and oxygen atoms in total. The number of nitrogens with zero attached hydrogens (tertiary/aromatic N) is 4. The number of rotatable bonds is 7. The standard InChI is InChI=1S/C21H23N5O2S/c1-28-17-11-9-15(10-12-17)13-22-20(27)14-29-21-23-24-25-26(21)19-8-4-6-16-5-2-3-7-18(16)19/h4,6,8-12H,2-3,5,7,13-14H2,1H3,(H,22,27). The number of benzene rings is 2. The lowest BCUT2D eigenvalue weighted by molar-refractivity contribution is -0.118. The average Bonchev–Trinajstić information content (AvgIpc) is 3.24. The molecule has 1 N–H and O–H groups in total. The Morgan fingerprint density at radius 2 is 2.00 bits per heavy atom. The summed E-state index contributed by atoms with van der Waals surface area (Å²) >= 11 is 1.34. The number of aromatic nitrogens is 4. The summed E-state index contributed by atoms with van der Waals surface area (Å²) < 4.78 is 6.90. The number of ether oxygens (including phenoxy) is 1. The highest BCUT2D eigenvalue weighted by Gasteiger charge is 2.18. The van der Waals surface area contributed by atoms with Crippen molar-refractivity contribution in [2.75, 3.05) is 12.9 Å². The second-order valence-electron chi connectivity index (χ2n) is 6.91. The Morgan fingerprint density at radius 3 is 2.83 bits per heavy atom. The van der Waals surface area contributed by atoms with Gasteiger partial charge >= 0.3 is 0 Å². The van der Waals surface area contributed by atoms with Crippen LogP contribution >= 0.6 is 11.8 Å². The molecule has 0 aliphatic heterocycles. The molecule has 0 fully saturated rings. The summed E-state index contributed by atoms with van der Waals surface area (Å²) in [6, 6.07) is 13.9. The lowest BCUT2D eigenvalue weighted by Gasteiger charge is -2.19. The van der Waals surface area contributed by atoms with E-state index in [0.29, 0.717) is 11.7 Å². The van der Waals surface area contributed by atoms with E-state index in [2.05, 4.69) is 33.0 Å². The minimum absolute atomic E-state index is 0.0598. The molecule has 0 atom stereocenters. The van der Waals surface area contributed by atoms with Crippen LogP contribution in [-0.2, 0) is 24.2 Å². The van der Waals surface area contributed by atoms with Crippen LogP contribution in [-0.4, -0.2) is 39.0 Å². The number of thioether (sulfide) groups is 1. The van der Waals surface area contributed by atoms with E-state index in [1.807, 2.05) is 30.3 Å². The van der Waals surface area contributed by atoms with Crippen LogP contribution < -0.4 is 10.1 Å². The summed E-state index contributed by atoms with van der Waals surface area (Å²) in [7, 11) is 1.63. The molecule has 0 saturated carbocycles. The van der Waals surface area contributed by atoms with Gasteiger partial charge in [-0.1, -0.05) is 36.0 Å². The molecule has 1 amide bonds. The highest BCUT2D eigenvalue weighted by Crippen LogP contribution is 2.28. The van der Waals surface area contributed by atoms with Gasteiger partial charge in [0.2, 0.25) is 11.1 Å². The second kappa shape index (κ2) is 9.09. The van der Waals surface area contributed by atoms with E-state index in [9.17, 15) is 4.79 Å². The van der Waals surface area contributed by atoms with Gasteiger partial charge in [-0.3, -0.25) is 4.79 Å². The van der Waals surface area contributed by atoms with Gasteiger partial charge in [0, 0.05) is 6.54 Å². The Kier molecular flexibility index (Phi) is 6.09. The van der Waals surface area contributed by atoms with Crippen LogP contribution in [0.1, 0.15) is 29.5 Å². The van der Waals surface area contributed by atoms with E-state index >= 15 is 0 Å². The first kappa shape index (κ1) is 19.4. The summed E-state index contributed by atoms with van der Waals surface area (Å²) in [4.78, 5) is 12.3. The van der Waals surface area contributed by atoms with E-state index < -0.39 is 0 Å². The third-order valence-electron chi connectivity index (χ3n) is 5.02. The molecule has 1 heterocycles. The van der Waals surface area contributed by atoms with Crippen LogP contribution in [0.5, 0.6) is 5.75 Å². The molecule has 0 saturated heterocycles. The molecule has 150 valence electrons. The van der Waals surface area contributed by atoms with Gasteiger partial charge in [0.05, 0.1) is 18.6 Å². The van der Waals surface area contributed by atoms with Crippen molar-refractivity contribution in [3.8, 4) is 11.4 Å². The summed E-state index contributed by atoms with van der Waals surface area (Å²) in [5.74, 6) is 0.993. The van der Waals surface area contributed by atoms with Crippen molar-refractivity contribution in [1.29, 1.82) is 0 Å². The normalized spacial score (nSPS) is 13.0. The number of methoxy groups -OCH3 is 1. The van der Waals surface area contributed by atoms with Gasteiger partial charge in [-0.25, -0.2) is 0 Å². The maximum Gasteiger partial charge on any atom is 0.230 e. The predicted octanol–water partition coefficient (Wildman–Crippen LogP) is 2.96. The lowest BCUT2D eigenvalue weighted by atomic mass is 9.90. The monoisotopic (exact) mass is 409 g/mol. The van der Waals surface area contributed by atoms with Crippen LogP contribution in [0.2, 0.25) is 0 Å². The minimum atomic E-state index is -0.0598. The van der Waals surface area contributed by atoms with Gasteiger partial charge in [-0.15, -0.1) is 5.10 Å². The van der Waals surface area contributed by atoms with Crippen molar-refractivity contribution in [2.45, 2.75) is 37.4 Å². The summed E-state index contributed by atoms with van der Waals surface area (Å²) in [6.45, 7) is 0.473. The topological polar surface area (TPSA) is 81.9 Å². The van der Waals surface area contributed by atoms with Crippen LogP contribution in [0, 0.1) is 0 Å². The van der Waals surface area contributed by atoms with Crippen LogP contribution in [0.3, 0.4) is 0 Å². The fourth-order valence-electron chi connectivity index (χ4n) is 3.50. The van der Waals surface area contributed by atoms with Crippen molar-refractivity contribution in [3.63, 3.8) is 0 Å².